The molecule has 0 aliphatic heterocycles. The summed E-state index contributed by atoms with van der Waals surface area (Å²) in [7, 11) is 1.84. The van der Waals surface area contributed by atoms with Gasteiger partial charge in [-0.15, -0.1) is 0 Å². The van der Waals surface area contributed by atoms with Crippen molar-refractivity contribution >= 4 is 0 Å². The molecule has 86 valence electrons. The summed E-state index contributed by atoms with van der Waals surface area (Å²) >= 11 is 0. The van der Waals surface area contributed by atoms with E-state index in [0.29, 0.717) is 12.1 Å². The van der Waals surface area contributed by atoms with Gasteiger partial charge in [0.15, 0.2) is 0 Å². The third-order valence-electron chi connectivity index (χ3n) is 3.70. The molecule has 1 fully saturated rings. The molecule has 15 heavy (non-hydrogen) atoms. The van der Waals surface area contributed by atoms with Crippen LogP contribution >= 0.6 is 0 Å². The van der Waals surface area contributed by atoms with E-state index in [-0.39, 0.29) is 0 Å². The van der Waals surface area contributed by atoms with Crippen molar-refractivity contribution in [2.75, 3.05) is 7.11 Å². The van der Waals surface area contributed by atoms with Crippen LogP contribution in [0.1, 0.15) is 44.9 Å². The molecule has 0 aromatic rings. The van der Waals surface area contributed by atoms with Crippen molar-refractivity contribution in [2.45, 2.75) is 63.1 Å². The van der Waals surface area contributed by atoms with E-state index in [1.54, 1.807) is 0 Å². The van der Waals surface area contributed by atoms with Crippen LogP contribution < -0.4 is 5.32 Å². The van der Waals surface area contributed by atoms with E-state index in [1.807, 2.05) is 7.11 Å². The molecule has 1 saturated carbocycles. The number of methoxy groups -OCH3 is 1. The molecule has 2 heteroatoms. The molecule has 0 aromatic heterocycles. The van der Waals surface area contributed by atoms with E-state index in [9.17, 15) is 0 Å². The molecule has 2 nitrogen and oxygen atoms in total. The normalized spacial score (nSPS) is 36.7. The van der Waals surface area contributed by atoms with Crippen LogP contribution in [0, 0.1) is 0 Å². The van der Waals surface area contributed by atoms with E-state index >= 15 is 0 Å². The van der Waals surface area contributed by atoms with Crippen LogP contribution in [0.25, 0.3) is 0 Å². The minimum Gasteiger partial charge on any atom is -0.381 e. The first-order chi connectivity index (χ1) is 7.38. The molecule has 0 spiro atoms. The molecular formula is C13H23NO. The number of ether oxygens (including phenoxy) is 1. The van der Waals surface area contributed by atoms with Crippen LogP contribution in [0.3, 0.4) is 0 Å². The van der Waals surface area contributed by atoms with Gasteiger partial charge in [0.25, 0.3) is 0 Å². The van der Waals surface area contributed by atoms with Gasteiger partial charge in [0.05, 0.1) is 6.10 Å². The quantitative estimate of drug-likeness (QED) is 0.721. The molecule has 0 bridgehead atoms. The van der Waals surface area contributed by atoms with Crippen molar-refractivity contribution in [1.82, 2.24) is 5.32 Å². The van der Waals surface area contributed by atoms with Crippen LogP contribution in [0.4, 0.5) is 0 Å². The maximum absolute atomic E-state index is 5.46. The van der Waals surface area contributed by atoms with Crippen molar-refractivity contribution in [2.24, 2.45) is 0 Å². The maximum atomic E-state index is 5.46. The molecule has 0 saturated heterocycles. The summed E-state index contributed by atoms with van der Waals surface area (Å²) < 4.78 is 5.46. The van der Waals surface area contributed by atoms with Crippen LogP contribution in [-0.2, 0) is 4.74 Å². The minimum absolute atomic E-state index is 0.496. The lowest BCUT2D eigenvalue weighted by Gasteiger charge is -2.32. The molecule has 0 aromatic carbocycles. The van der Waals surface area contributed by atoms with E-state index < -0.39 is 0 Å². The van der Waals surface area contributed by atoms with Crippen molar-refractivity contribution in [3.63, 3.8) is 0 Å². The topological polar surface area (TPSA) is 21.3 Å². The Hall–Kier alpha value is -0.340. The highest BCUT2D eigenvalue weighted by Gasteiger charge is 2.23. The van der Waals surface area contributed by atoms with Crippen LogP contribution in [-0.4, -0.2) is 25.3 Å². The van der Waals surface area contributed by atoms with Gasteiger partial charge in [0.2, 0.25) is 0 Å². The largest absolute Gasteiger partial charge is 0.381 e. The van der Waals surface area contributed by atoms with Gasteiger partial charge >= 0.3 is 0 Å². The fourth-order valence-electron chi connectivity index (χ4n) is 2.79. The van der Waals surface area contributed by atoms with Crippen molar-refractivity contribution < 1.29 is 4.74 Å². The zero-order valence-corrected chi connectivity index (χ0v) is 9.74. The molecule has 3 atom stereocenters. The summed E-state index contributed by atoms with van der Waals surface area (Å²) in [6.45, 7) is 0. The van der Waals surface area contributed by atoms with Gasteiger partial charge in [-0.25, -0.2) is 0 Å². The van der Waals surface area contributed by atoms with Gasteiger partial charge in [0.1, 0.15) is 0 Å². The molecule has 3 unspecified atom stereocenters. The summed E-state index contributed by atoms with van der Waals surface area (Å²) in [5, 5.41) is 3.79. The van der Waals surface area contributed by atoms with Crippen molar-refractivity contribution in [3.8, 4) is 0 Å². The summed E-state index contributed by atoms with van der Waals surface area (Å²) in [5.74, 6) is 0. The zero-order chi connectivity index (χ0) is 10.5. The minimum atomic E-state index is 0.496. The zero-order valence-electron chi connectivity index (χ0n) is 9.74. The molecule has 0 heterocycles. The van der Waals surface area contributed by atoms with Gasteiger partial charge in [-0.2, -0.15) is 0 Å². The summed E-state index contributed by atoms with van der Waals surface area (Å²) in [5.41, 5.74) is 0. The Morgan fingerprint density at radius 2 is 2.07 bits per heavy atom. The second kappa shape index (κ2) is 5.66. The highest BCUT2D eigenvalue weighted by molar-refractivity contribution is 4.94. The Kier molecular flexibility index (Phi) is 4.21. The Bertz CT molecular complexity index is 215. The van der Waals surface area contributed by atoms with Gasteiger partial charge in [-0.1, -0.05) is 12.2 Å². The fourth-order valence-corrected chi connectivity index (χ4v) is 2.79. The molecule has 2 aliphatic rings. The number of nitrogens with one attached hydrogen (secondary N) is 1. The summed E-state index contributed by atoms with van der Waals surface area (Å²) in [4.78, 5) is 0. The first-order valence-corrected chi connectivity index (χ1v) is 6.32. The molecule has 2 rings (SSSR count). The molecule has 0 radical (unpaired) electrons. The third-order valence-corrected chi connectivity index (χ3v) is 3.70. The van der Waals surface area contributed by atoms with Crippen LogP contribution in [0.15, 0.2) is 12.2 Å². The fraction of sp³-hybridized carbons (Fsp3) is 0.846. The Morgan fingerprint density at radius 3 is 2.80 bits per heavy atom. The third kappa shape index (κ3) is 3.32. The highest BCUT2D eigenvalue weighted by Crippen LogP contribution is 2.22. The monoisotopic (exact) mass is 209 g/mol. The lowest BCUT2D eigenvalue weighted by molar-refractivity contribution is 0.0567. The van der Waals surface area contributed by atoms with Gasteiger partial charge in [-0.05, 0) is 44.9 Å². The highest BCUT2D eigenvalue weighted by atomic mass is 16.5. The predicted octanol–water partition coefficient (Wildman–Crippen LogP) is 2.64. The molecule has 0 amide bonds. The number of allylic oxidation sites excluding steroid dienone is 1. The van der Waals surface area contributed by atoms with Crippen molar-refractivity contribution in [1.29, 1.82) is 0 Å². The molecular weight excluding hydrogens is 186 g/mol. The van der Waals surface area contributed by atoms with E-state index in [4.69, 9.17) is 4.74 Å². The second-order valence-corrected chi connectivity index (χ2v) is 4.87. The van der Waals surface area contributed by atoms with Crippen molar-refractivity contribution in [3.05, 3.63) is 12.2 Å². The SMILES string of the molecule is COC1CCCC(NC2CC=CCC2)C1. The van der Waals surface area contributed by atoms with Gasteiger partial charge < -0.3 is 10.1 Å². The molecule has 1 N–H and O–H groups in total. The molecule has 2 aliphatic carbocycles. The van der Waals surface area contributed by atoms with Gasteiger partial charge in [-0.3, -0.25) is 0 Å². The van der Waals surface area contributed by atoms with E-state index in [2.05, 4.69) is 17.5 Å². The smallest absolute Gasteiger partial charge is 0.0586 e. The predicted molar refractivity (Wildman–Crippen MR) is 63.0 cm³/mol. The number of hydrogen-bond donors (Lipinski definition) is 1. The lowest BCUT2D eigenvalue weighted by atomic mass is 9.91. The number of hydrogen-bond acceptors (Lipinski definition) is 2. The second-order valence-electron chi connectivity index (χ2n) is 4.87. The van der Waals surface area contributed by atoms with Gasteiger partial charge in [0, 0.05) is 19.2 Å². The standard InChI is InChI=1S/C13H23NO/c1-15-13-9-5-8-12(10-13)14-11-6-3-2-4-7-11/h2-3,11-14H,4-10H2,1H3. The summed E-state index contributed by atoms with van der Waals surface area (Å²) in [6.07, 6.45) is 14.0. The average Bonchev–Trinajstić information content (AvgIpc) is 2.31. The lowest BCUT2D eigenvalue weighted by Crippen LogP contribution is -2.42. The maximum Gasteiger partial charge on any atom is 0.0586 e. The average molecular weight is 209 g/mol. The Labute approximate surface area is 93.1 Å². The van der Waals surface area contributed by atoms with E-state index in [1.165, 1.54) is 44.9 Å². The van der Waals surface area contributed by atoms with E-state index in [0.717, 1.165) is 6.04 Å². The first-order valence-electron chi connectivity index (χ1n) is 6.32. The van der Waals surface area contributed by atoms with Crippen LogP contribution in [0.5, 0.6) is 0 Å². The summed E-state index contributed by atoms with van der Waals surface area (Å²) in [6, 6.07) is 1.41. The first kappa shape index (κ1) is 11.2. The van der Waals surface area contributed by atoms with Crippen LogP contribution in [0.2, 0.25) is 0 Å². The number of rotatable bonds is 3. The Balaban J connectivity index is 1.75. The Morgan fingerprint density at radius 1 is 1.13 bits per heavy atom.